The number of unbranched alkanes of at least 4 members (excludes halogenated alkanes) is 4. The smallest absolute Gasteiger partial charge is 0.381 e. The van der Waals surface area contributed by atoms with Gasteiger partial charge in [-0.05, 0) is 26.7 Å². The number of methoxy groups -OCH3 is 1. The number of carbonyl (C=O) groups excluding carboxylic acids is 1. The van der Waals surface area contributed by atoms with Crippen LogP contribution in [0.25, 0.3) is 0 Å². The van der Waals surface area contributed by atoms with Crippen LogP contribution >= 0.6 is 0 Å². The van der Waals surface area contributed by atoms with Crippen LogP contribution in [0.3, 0.4) is 0 Å². The van der Waals surface area contributed by atoms with Crippen molar-refractivity contribution in [3.05, 3.63) is 12.7 Å². The molecule has 36 heavy (non-hydrogen) atoms. The minimum absolute atomic E-state index is 0.00412. The lowest BCUT2D eigenvalue weighted by Gasteiger charge is -2.51. The number of carbonyl (C=O) groups is 1. The molecule has 0 bridgehead atoms. The predicted molar refractivity (Wildman–Crippen MR) is 126 cm³/mol. The third-order valence-corrected chi connectivity index (χ3v) is 6.31. The summed E-state index contributed by atoms with van der Waals surface area (Å²) in [5.74, 6) is -3.11. The first-order valence-electron chi connectivity index (χ1n) is 12.7. The normalized spacial score (nSPS) is 28.8. The van der Waals surface area contributed by atoms with Gasteiger partial charge in [0.2, 0.25) is 0 Å². The molecule has 8 nitrogen and oxygen atoms in total. The summed E-state index contributed by atoms with van der Waals surface area (Å²) >= 11 is 0. The fourth-order valence-electron chi connectivity index (χ4n) is 4.41. The zero-order valence-electron chi connectivity index (χ0n) is 21.8. The highest BCUT2D eigenvalue weighted by molar-refractivity contribution is 5.82. The Balaban J connectivity index is 2.14. The minimum atomic E-state index is -5.08. The molecule has 2 fully saturated rings. The van der Waals surface area contributed by atoms with E-state index in [1.807, 2.05) is 5.32 Å². The zero-order valence-corrected chi connectivity index (χ0v) is 21.8. The van der Waals surface area contributed by atoms with E-state index < -0.39 is 48.5 Å². The van der Waals surface area contributed by atoms with Crippen molar-refractivity contribution in [2.75, 3.05) is 26.9 Å². The molecule has 2 aliphatic heterocycles. The lowest BCUT2D eigenvalue weighted by molar-refractivity contribution is -0.371. The molecule has 1 N–H and O–H groups in total. The Kier molecular flexibility index (Phi) is 12.6. The van der Waals surface area contributed by atoms with Crippen molar-refractivity contribution in [2.45, 2.75) is 114 Å². The molecule has 1 amide bonds. The highest BCUT2D eigenvalue weighted by Gasteiger charge is 2.54. The first-order valence-corrected chi connectivity index (χ1v) is 12.7. The molecule has 0 aromatic carbocycles. The standard InChI is InChI=1S/C25H42F3NO7/c1-6-8-9-10-11-12-17(31-5)13-15-32-21-19(29-23(30)25(26,27)28)22(33-14-7-2)35-18-16-34-24(3,4)36-20(18)21/h7,17-22H,2,6,8-16H2,1,3-5H3,(H,29,30)/t17-,18?,19-,20-,21-,22+/m1/s1. The van der Waals surface area contributed by atoms with E-state index in [1.54, 1.807) is 21.0 Å². The highest BCUT2D eigenvalue weighted by atomic mass is 19.4. The number of hydrogen-bond donors (Lipinski definition) is 1. The Morgan fingerprint density at radius 1 is 1.19 bits per heavy atom. The monoisotopic (exact) mass is 525 g/mol. The number of alkyl halides is 3. The van der Waals surface area contributed by atoms with E-state index >= 15 is 0 Å². The van der Waals surface area contributed by atoms with Gasteiger partial charge in [-0.2, -0.15) is 13.2 Å². The SMILES string of the molecule is C=CCO[C@H]1OC2COC(C)(C)O[C@H]2[C@H](OCC[C@@H](CCCCCCC)OC)[C@H]1NC(=O)C(F)(F)F. The molecule has 11 heteroatoms. The molecule has 2 aliphatic rings. The van der Waals surface area contributed by atoms with E-state index in [-0.39, 0.29) is 25.9 Å². The number of amides is 1. The quantitative estimate of drug-likeness (QED) is 0.253. The molecule has 2 heterocycles. The second kappa shape index (κ2) is 14.6. The van der Waals surface area contributed by atoms with Crippen molar-refractivity contribution in [3.63, 3.8) is 0 Å². The Morgan fingerprint density at radius 3 is 2.56 bits per heavy atom. The van der Waals surface area contributed by atoms with E-state index in [9.17, 15) is 18.0 Å². The molecule has 210 valence electrons. The van der Waals surface area contributed by atoms with E-state index in [4.69, 9.17) is 28.4 Å². The Morgan fingerprint density at radius 2 is 1.92 bits per heavy atom. The lowest BCUT2D eigenvalue weighted by Crippen LogP contribution is -2.69. The summed E-state index contributed by atoms with van der Waals surface area (Å²) in [6.07, 6.45) is -0.242. The average molecular weight is 526 g/mol. The third-order valence-electron chi connectivity index (χ3n) is 6.31. The fraction of sp³-hybridized carbons (Fsp3) is 0.880. The average Bonchev–Trinajstić information content (AvgIpc) is 2.81. The minimum Gasteiger partial charge on any atom is -0.381 e. The van der Waals surface area contributed by atoms with Crippen LogP contribution in [-0.2, 0) is 33.2 Å². The molecule has 0 aromatic rings. The van der Waals surface area contributed by atoms with Crippen molar-refractivity contribution in [1.29, 1.82) is 0 Å². The van der Waals surface area contributed by atoms with Crippen LogP contribution in [0.4, 0.5) is 13.2 Å². The lowest BCUT2D eigenvalue weighted by atomic mass is 9.94. The molecule has 0 radical (unpaired) electrons. The maximum Gasteiger partial charge on any atom is 0.471 e. The number of ether oxygens (including phenoxy) is 6. The van der Waals surface area contributed by atoms with Crippen LogP contribution in [0.5, 0.6) is 0 Å². The van der Waals surface area contributed by atoms with Gasteiger partial charge in [-0.15, -0.1) is 6.58 Å². The van der Waals surface area contributed by atoms with Gasteiger partial charge in [0.1, 0.15) is 24.4 Å². The number of nitrogens with one attached hydrogen (secondary N) is 1. The first kappa shape index (κ1) is 31.0. The number of rotatable bonds is 15. The van der Waals surface area contributed by atoms with Crippen molar-refractivity contribution in [1.82, 2.24) is 5.32 Å². The van der Waals surface area contributed by atoms with Crippen LogP contribution in [0.15, 0.2) is 12.7 Å². The summed E-state index contributed by atoms with van der Waals surface area (Å²) < 4.78 is 74.3. The summed E-state index contributed by atoms with van der Waals surface area (Å²) in [5, 5.41) is 2.01. The van der Waals surface area contributed by atoms with Gasteiger partial charge in [-0.3, -0.25) is 4.79 Å². The van der Waals surface area contributed by atoms with Crippen molar-refractivity contribution >= 4 is 5.91 Å². The molecule has 2 saturated heterocycles. The first-order chi connectivity index (χ1) is 17.0. The summed E-state index contributed by atoms with van der Waals surface area (Å²) in [4.78, 5) is 11.9. The molecule has 0 aromatic heterocycles. The maximum atomic E-state index is 13.1. The Bertz CT molecular complexity index is 677. The topological polar surface area (TPSA) is 84.5 Å². The van der Waals surface area contributed by atoms with Gasteiger partial charge in [0.15, 0.2) is 12.1 Å². The van der Waals surface area contributed by atoms with Crippen LogP contribution < -0.4 is 5.32 Å². The largest absolute Gasteiger partial charge is 0.471 e. The molecular formula is C25H42F3NO7. The van der Waals surface area contributed by atoms with Crippen molar-refractivity contribution < 1.29 is 46.4 Å². The molecule has 2 rings (SSSR count). The van der Waals surface area contributed by atoms with Gasteiger partial charge >= 0.3 is 12.1 Å². The van der Waals surface area contributed by atoms with E-state index in [0.717, 1.165) is 19.3 Å². The van der Waals surface area contributed by atoms with Crippen molar-refractivity contribution in [2.24, 2.45) is 0 Å². The maximum absolute atomic E-state index is 13.1. The molecular weight excluding hydrogens is 483 g/mol. The number of fused-ring (bicyclic) bond motifs is 1. The van der Waals surface area contributed by atoms with E-state index in [1.165, 1.54) is 25.3 Å². The van der Waals surface area contributed by atoms with Gasteiger partial charge < -0.3 is 33.7 Å². The van der Waals surface area contributed by atoms with Gasteiger partial charge in [-0.25, -0.2) is 0 Å². The number of hydrogen-bond acceptors (Lipinski definition) is 7. The summed E-state index contributed by atoms with van der Waals surface area (Å²) in [5.41, 5.74) is 0. The molecule has 0 saturated carbocycles. The zero-order chi connectivity index (χ0) is 26.8. The summed E-state index contributed by atoms with van der Waals surface area (Å²) in [6.45, 7) is 9.45. The van der Waals surface area contributed by atoms with Gasteiger partial charge in [0.05, 0.1) is 19.3 Å². The molecule has 0 aliphatic carbocycles. The second-order valence-corrected chi connectivity index (χ2v) is 9.64. The Labute approximate surface area is 212 Å². The van der Waals surface area contributed by atoms with Crippen molar-refractivity contribution in [3.8, 4) is 0 Å². The highest BCUT2D eigenvalue weighted by Crippen LogP contribution is 2.35. The predicted octanol–water partition coefficient (Wildman–Crippen LogP) is 4.26. The van der Waals surface area contributed by atoms with E-state index in [2.05, 4.69) is 13.5 Å². The van der Waals surface area contributed by atoms with Crippen LogP contribution in [0.1, 0.15) is 65.7 Å². The van der Waals surface area contributed by atoms with E-state index in [0.29, 0.717) is 6.42 Å². The number of halogens is 3. The molecule has 1 unspecified atom stereocenters. The molecule has 6 atom stereocenters. The fourth-order valence-corrected chi connectivity index (χ4v) is 4.41. The van der Waals surface area contributed by atoms with Gasteiger partial charge in [0, 0.05) is 13.7 Å². The molecule has 0 spiro atoms. The van der Waals surface area contributed by atoms with Gasteiger partial charge in [0.25, 0.3) is 0 Å². The van der Waals surface area contributed by atoms with Gasteiger partial charge in [-0.1, -0.05) is 45.1 Å². The third kappa shape index (κ3) is 9.57. The van der Waals surface area contributed by atoms with Crippen LogP contribution in [0, 0.1) is 0 Å². The Hall–Kier alpha value is -1.24. The van der Waals surface area contributed by atoms with Crippen LogP contribution in [-0.4, -0.2) is 81.5 Å². The van der Waals surface area contributed by atoms with Crippen LogP contribution in [0.2, 0.25) is 0 Å². The summed E-state index contributed by atoms with van der Waals surface area (Å²) in [6, 6.07) is -1.27. The summed E-state index contributed by atoms with van der Waals surface area (Å²) in [7, 11) is 1.64. The second-order valence-electron chi connectivity index (χ2n) is 9.64.